The van der Waals surface area contributed by atoms with Crippen LogP contribution < -0.4 is 10.1 Å². The van der Waals surface area contributed by atoms with Crippen LogP contribution in [0.4, 0.5) is 5.95 Å². The van der Waals surface area contributed by atoms with Crippen molar-refractivity contribution >= 4 is 21.9 Å². The molecule has 0 fully saturated rings. The van der Waals surface area contributed by atoms with Crippen LogP contribution >= 0.6 is 15.9 Å². The molecule has 0 radical (unpaired) electrons. The molecule has 0 atom stereocenters. The Hall–Kier alpha value is -1.62. The molecule has 2 aromatic rings. The van der Waals surface area contributed by atoms with Gasteiger partial charge < -0.3 is 10.1 Å². The van der Waals surface area contributed by atoms with Crippen LogP contribution in [0.15, 0.2) is 28.9 Å². The molecule has 0 aliphatic carbocycles. The molecule has 0 amide bonds. The van der Waals surface area contributed by atoms with Gasteiger partial charge in [0.25, 0.3) is 0 Å². The van der Waals surface area contributed by atoms with Gasteiger partial charge in [0.05, 0.1) is 0 Å². The number of nitrogens with zero attached hydrogens (tertiary/aromatic N) is 2. The summed E-state index contributed by atoms with van der Waals surface area (Å²) in [6, 6.07) is 5.84. The average Bonchev–Trinajstić information content (AvgIpc) is 2.38. The fourth-order valence-electron chi connectivity index (χ4n) is 1.57. The number of halogens is 1. The normalized spacial score (nSPS) is 10.3. The molecule has 19 heavy (non-hydrogen) atoms. The average molecular weight is 322 g/mol. The molecule has 1 aromatic carbocycles. The van der Waals surface area contributed by atoms with E-state index in [4.69, 9.17) is 4.74 Å². The van der Waals surface area contributed by atoms with Gasteiger partial charge in [0.2, 0.25) is 11.8 Å². The Kier molecular flexibility index (Phi) is 4.37. The maximum atomic E-state index is 5.82. The lowest BCUT2D eigenvalue weighted by molar-refractivity contribution is 0.457. The molecular formula is C14H16BrN3O. The molecule has 0 aliphatic rings. The minimum Gasteiger partial charge on any atom is -0.439 e. The SMILES string of the molecule is CCNc1ncc(C)c(Oc2ccc(Br)c(C)c2)n1. The van der Waals surface area contributed by atoms with E-state index in [1.165, 1.54) is 0 Å². The van der Waals surface area contributed by atoms with E-state index in [2.05, 4.69) is 31.2 Å². The summed E-state index contributed by atoms with van der Waals surface area (Å²) in [6.45, 7) is 6.73. The highest BCUT2D eigenvalue weighted by Crippen LogP contribution is 2.27. The van der Waals surface area contributed by atoms with E-state index in [-0.39, 0.29) is 0 Å². The topological polar surface area (TPSA) is 47.0 Å². The summed E-state index contributed by atoms with van der Waals surface area (Å²) < 4.78 is 6.88. The van der Waals surface area contributed by atoms with E-state index in [0.29, 0.717) is 11.8 Å². The third-order valence-corrected chi connectivity index (χ3v) is 3.49. The molecule has 5 heteroatoms. The van der Waals surface area contributed by atoms with Crippen LogP contribution in [0, 0.1) is 13.8 Å². The number of benzene rings is 1. The highest BCUT2D eigenvalue weighted by molar-refractivity contribution is 9.10. The number of hydrogen-bond donors (Lipinski definition) is 1. The van der Waals surface area contributed by atoms with Crippen molar-refractivity contribution in [2.45, 2.75) is 20.8 Å². The zero-order valence-electron chi connectivity index (χ0n) is 11.2. The number of nitrogens with one attached hydrogen (secondary N) is 1. The standard InChI is InChI=1S/C14H16BrN3O/c1-4-16-14-17-8-10(3)13(18-14)19-11-5-6-12(15)9(2)7-11/h5-8H,4H2,1-3H3,(H,16,17,18). The van der Waals surface area contributed by atoms with Crippen molar-refractivity contribution < 1.29 is 4.74 Å². The number of rotatable bonds is 4. The molecule has 0 unspecified atom stereocenters. The number of aryl methyl sites for hydroxylation is 2. The van der Waals surface area contributed by atoms with Gasteiger partial charge in [-0.25, -0.2) is 4.98 Å². The second kappa shape index (κ2) is 6.02. The van der Waals surface area contributed by atoms with Gasteiger partial charge >= 0.3 is 0 Å². The van der Waals surface area contributed by atoms with Crippen LogP contribution in [0.25, 0.3) is 0 Å². The Labute approximate surface area is 121 Å². The Balaban J connectivity index is 2.26. The zero-order chi connectivity index (χ0) is 13.8. The minimum absolute atomic E-state index is 0.577. The van der Waals surface area contributed by atoms with E-state index in [0.717, 1.165) is 27.9 Å². The highest BCUT2D eigenvalue weighted by atomic mass is 79.9. The van der Waals surface area contributed by atoms with E-state index >= 15 is 0 Å². The van der Waals surface area contributed by atoms with Crippen molar-refractivity contribution in [3.05, 3.63) is 40.0 Å². The Morgan fingerprint density at radius 2 is 2.05 bits per heavy atom. The molecule has 4 nitrogen and oxygen atoms in total. The molecule has 0 saturated heterocycles. The predicted molar refractivity (Wildman–Crippen MR) is 79.9 cm³/mol. The van der Waals surface area contributed by atoms with Crippen LogP contribution in [-0.2, 0) is 0 Å². The number of anilines is 1. The molecule has 2 rings (SSSR count). The van der Waals surface area contributed by atoms with Crippen LogP contribution in [0.5, 0.6) is 11.6 Å². The van der Waals surface area contributed by atoms with Gasteiger partial charge in [0.15, 0.2) is 0 Å². The van der Waals surface area contributed by atoms with Crippen molar-refractivity contribution in [3.63, 3.8) is 0 Å². The summed E-state index contributed by atoms with van der Waals surface area (Å²) in [5, 5.41) is 3.07. The van der Waals surface area contributed by atoms with E-state index in [1.54, 1.807) is 6.20 Å². The van der Waals surface area contributed by atoms with Gasteiger partial charge in [0.1, 0.15) is 5.75 Å². The lowest BCUT2D eigenvalue weighted by atomic mass is 10.2. The first-order chi connectivity index (χ1) is 9.10. The zero-order valence-corrected chi connectivity index (χ0v) is 12.8. The molecule has 1 aromatic heterocycles. The summed E-state index contributed by atoms with van der Waals surface area (Å²) in [6.07, 6.45) is 1.76. The van der Waals surface area contributed by atoms with Gasteiger partial charge in [-0.05, 0) is 44.5 Å². The van der Waals surface area contributed by atoms with Gasteiger partial charge in [-0.2, -0.15) is 4.98 Å². The highest BCUT2D eigenvalue weighted by Gasteiger charge is 2.07. The fraction of sp³-hybridized carbons (Fsp3) is 0.286. The molecule has 0 saturated carbocycles. The van der Waals surface area contributed by atoms with Crippen LogP contribution in [-0.4, -0.2) is 16.5 Å². The first kappa shape index (κ1) is 13.8. The van der Waals surface area contributed by atoms with Gasteiger partial charge in [-0.1, -0.05) is 15.9 Å². The van der Waals surface area contributed by atoms with Gasteiger partial charge in [-0.15, -0.1) is 0 Å². The van der Waals surface area contributed by atoms with Crippen LogP contribution in [0.1, 0.15) is 18.1 Å². The lowest BCUT2D eigenvalue weighted by Crippen LogP contribution is -2.03. The first-order valence-corrected chi connectivity index (χ1v) is 6.91. The summed E-state index contributed by atoms with van der Waals surface area (Å²) in [5.41, 5.74) is 2.03. The van der Waals surface area contributed by atoms with Crippen molar-refractivity contribution in [3.8, 4) is 11.6 Å². The van der Waals surface area contributed by atoms with Crippen molar-refractivity contribution in [1.82, 2.24) is 9.97 Å². The largest absolute Gasteiger partial charge is 0.439 e. The Morgan fingerprint density at radius 3 is 2.74 bits per heavy atom. The lowest BCUT2D eigenvalue weighted by Gasteiger charge is -2.10. The number of aromatic nitrogens is 2. The maximum Gasteiger partial charge on any atom is 0.226 e. The third kappa shape index (κ3) is 3.44. The van der Waals surface area contributed by atoms with E-state index in [9.17, 15) is 0 Å². The number of ether oxygens (including phenoxy) is 1. The van der Waals surface area contributed by atoms with E-state index < -0.39 is 0 Å². The summed E-state index contributed by atoms with van der Waals surface area (Å²) in [5.74, 6) is 1.93. The molecule has 1 heterocycles. The van der Waals surface area contributed by atoms with Crippen molar-refractivity contribution in [1.29, 1.82) is 0 Å². The molecule has 0 aliphatic heterocycles. The van der Waals surface area contributed by atoms with Crippen molar-refractivity contribution in [2.24, 2.45) is 0 Å². The molecule has 100 valence electrons. The second-order valence-electron chi connectivity index (χ2n) is 4.23. The summed E-state index contributed by atoms with van der Waals surface area (Å²) >= 11 is 3.47. The first-order valence-electron chi connectivity index (χ1n) is 6.11. The molecule has 0 spiro atoms. The second-order valence-corrected chi connectivity index (χ2v) is 5.08. The van der Waals surface area contributed by atoms with Gasteiger partial charge in [-0.3, -0.25) is 0 Å². The third-order valence-electron chi connectivity index (χ3n) is 2.60. The minimum atomic E-state index is 0.577. The fourth-order valence-corrected chi connectivity index (χ4v) is 1.81. The van der Waals surface area contributed by atoms with E-state index in [1.807, 2.05) is 39.0 Å². The molecule has 1 N–H and O–H groups in total. The van der Waals surface area contributed by atoms with Crippen LogP contribution in [0.3, 0.4) is 0 Å². The summed E-state index contributed by atoms with van der Waals surface area (Å²) in [7, 11) is 0. The predicted octanol–water partition coefficient (Wildman–Crippen LogP) is 4.08. The quantitative estimate of drug-likeness (QED) is 0.921. The Bertz CT molecular complexity index is 587. The van der Waals surface area contributed by atoms with Gasteiger partial charge in [0, 0.05) is 22.8 Å². The summed E-state index contributed by atoms with van der Waals surface area (Å²) in [4.78, 5) is 8.55. The molecule has 0 bridgehead atoms. The Morgan fingerprint density at radius 1 is 1.26 bits per heavy atom. The maximum absolute atomic E-state index is 5.82. The number of hydrogen-bond acceptors (Lipinski definition) is 4. The molecular weight excluding hydrogens is 306 g/mol. The van der Waals surface area contributed by atoms with Crippen LogP contribution in [0.2, 0.25) is 0 Å². The van der Waals surface area contributed by atoms with Crippen molar-refractivity contribution in [2.75, 3.05) is 11.9 Å². The smallest absolute Gasteiger partial charge is 0.226 e. The monoisotopic (exact) mass is 321 g/mol.